The minimum atomic E-state index is -0.148. The SMILES string of the molecule is Cc1nc(CN(C)C(=O)CCNC(=O)c2cccs2)n[nH]1. The third-order valence-electron chi connectivity index (χ3n) is 2.82. The summed E-state index contributed by atoms with van der Waals surface area (Å²) in [5.74, 6) is 1.08. The number of aromatic amines is 1. The Morgan fingerprint density at radius 1 is 1.48 bits per heavy atom. The molecule has 2 amide bonds. The number of carbonyl (C=O) groups is 2. The van der Waals surface area contributed by atoms with Gasteiger partial charge in [-0.1, -0.05) is 6.07 Å². The molecule has 2 N–H and O–H groups in total. The lowest BCUT2D eigenvalue weighted by Crippen LogP contribution is -2.31. The number of nitrogens with one attached hydrogen (secondary N) is 2. The van der Waals surface area contributed by atoms with Crippen LogP contribution in [0.4, 0.5) is 0 Å². The van der Waals surface area contributed by atoms with E-state index < -0.39 is 0 Å². The van der Waals surface area contributed by atoms with Crippen molar-refractivity contribution in [3.05, 3.63) is 34.0 Å². The molecule has 0 fully saturated rings. The van der Waals surface area contributed by atoms with E-state index in [4.69, 9.17) is 0 Å². The smallest absolute Gasteiger partial charge is 0.261 e. The Morgan fingerprint density at radius 2 is 2.29 bits per heavy atom. The Hall–Kier alpha value is -2.22. The summed E-state index contributed by atoms with van der Waals surface area (Å²) in [4.78, 5) is 30.0. The number of thiophene rings is 1. The maximum atomic E-state index is 11.9. The van der Waals surface area contributed by atoms with Crippen molar-refractivity contribution in [2.24, 2.45) is 0 Å². The fourth-order valence-corrected chi connectivity index (χ4v) is 2.37. The number of H-pyrrole nitrogens is 1. The van der Waals surface area contributed by atoms with E-state index in [-0.39, 0.29) is 18.2 Å². The molecule has 2 heterocycles. The molecule has 0 spiro atoms. The molecule has 0 unspecified atom stereocenters. The van der Waals surface area contributed by atoms with Gasteiger partial charge in [0, 0.05) is 20.0 Å². The number of amides is 2. The van der Waals surface area contributed by atoms with Crippen LogP contribution in [0.2, 0.25) is 0 Å². The van der Waals surface area contributed by atoms with Gasteiger partial charge >= 0.3 is 0 Å². The topological polar surface area (TPSA) is 91.0 Å². The fourth-order valence-electron chi connectivity index (χ4n) is 1.73. The molecule has 0 saturated heterocycles. The van der Waals surface area contributed by atoms with Crippen LogP contribution in [0.15, 0.2) is 17.5 Å². The van der Waals surface area contributed by atoms with E-state index in [1.54, 1.807) is 24.9 Å². The third kappa shape index (κ3) is 4.38. The highest BCUT2D eigenvalue weighted by Gasteiger charge is 2.12. The number of hydrogen-bond acceptors (Lipinski definition) is 5. The molecule has 2 aromatic heterocycles. The Balaban J connectivity index is 1.72. The molecule has 112 valence electrons. The zero-order valence-electron chi connectivity index (χ0n) is 11.9. The van der Waals surface area contributed by atoms with Crippen molar-refractivity contribution in [1.29, 1.82) is 0 Å². The molecule has 2 rings (SSSR count). The number of rotatable bonds is 6. The van der Waals surface area contributed by atoms with Crippen molar-refractivity contribution in [1.82, 2.24) is 25.4 Å². The van der Waals surface area contributed by atoms with Crippen molar-refractivity contribution < 1.29 is 9.59 Å². The number of carbonyl (C=O) groups excluding carboxylic acids is 2. The van der Waals surface area contributed by atoms with Gasteiger partial charge in [-0.25, -0.2) is 4.98 Å². The maximum absolute atomic E-state index is 11.9. The first-order valence-corrected chi connectivity index (χ1v) is 7.38. The predicted molar refractivity (Wildman–Crippen MR) is 78.9 cm³/mol. The van der Waals surface area contributed by atoms with Crippen molar-refractivity contribution >= 4 is 23.2 Å². The third-order valence-corrected chi connectivity index (χ3v) is 3.69. The summed E-state index contributed by atoms with van der Waals surface area (Å²) in [7, 11) is 1.69. The molecule has 0 bridgehead atoms. The van der Waals surface area contributed by atoms with Gasteiger partial charge in [-0.05, 0) is 18.4 Å². The zero-order chi connectivity index (χ0) is 15.2. The van der Waals surface area contributed by atoms with Crippen LogP contribution in [0.5, 0.6) is 0 Å². The standard InChI is InChI=1S/C13H17N5O2S/c1-9-15-11(17-16-9)8-18(2)12(19)5-6-14-13(20)10-4-3-7-21-10/h3-4,7H,5-6,8H2,1-2H3,(H,14,20)(H,15,16,17). The summed E-state index contributed by atoms with van der Waals surface area (Å²) >= 11 is 1.37. The second-order valence-electron chi connectivity index (χ2n) is 4.57. The maximum Gasteiger partial charge on any atom is 0.261 e. The lowest BCUT2D eigenvalue weighted by atomic mass is 10.3. The van der Waals surface area contributed by atoms with Crippen LogP contribution in [0.1, 0.15) is 27.7 Å². The number of nitrogens with zero attached hydrogens (tertiary/aromatic N) is 3. The van der Waals surface area contributed by atoms with E-state index in [0.717, 1.165) is 0 Å². The zero-order valence-corrected chi connectivity index (χ0v) is 12.7. The summed E-state index contributed by atoms with van der Waals surface area (Å²) in [5, 5.41) is 11.3. The normalized spacial score (nSPS) is 10.4. The van der Waals surface area contributed by atoms with Gasteiger partial charge in [0.25, 0.3) is 5.91 Å². The van der Waals surface area contributed by atoms with Gasteiger partial charge in [0.1, 0.15) is 5.82 Å². The van der Waals surface area contributed by atoms with Gasteiger partial charge in [-0.3, -0.25) is 14.7 Å². The average molecular weight is 307 g/mol. The van der Waals surface area contributed by atoms with Crippen molar-refractivity contribution in [2.75, 3.05) is 13.6 Å². The van der Waals surface area contributed by atoms with E-state index in [2.05, 4.69) is 20.5 Å². The molecule has 0 saturated carbocycles. The molecular formula is C13H17N5O2S. The second-order valence-corrected chi connectivity index (χ2v) is 5.52. The molecule has 21 heavy (non-hydrogen) atoms. The highest BCUT2D eigenvalue weighted by Crippen LogP contribution is 2.07. The number of hydrogen-bond donors (Lipinski definition) is 2. The predicted octanol–water partition coefficient (Wildman–Crippen LogP) is 0.953. The minimum Gasteiger partial charge on any atom is -0.351 e. The molecule has 0 aliphatic carbocycles. The average Bonchev–Trinajstić information content (AvgIpc) is 3.10. The first-order chi connectivity index (χ1) is 10.1. The Labute approximate surface area is 126 Å². The van der Waals surface area contributed by atoms with Crippen LogP contribution in [-0.4, -0.2) is 45.5 Å². The van der Waals surface area contributed by atoms with Crippen LogP contribution in [0.3, 0.4) is 0 Å². The van der Waals surface area contributed by atoms with E-state index >= 15 is 0 Å². The Morgan fingerprint density at radius 3 is 2.90 bits per heavy atom. The lowest BCUT2D eigenvalue weighted by molar-refractivity contribution is -0.130. The molecule has 8 heteroatoms. The minimum absolute atomic E-state index is 0.0658. The fraction of sp³-hybridized carbons (Fsp3) is 0.385. The van der Waals surface area contributed by atoms with Gasteiger partial charge in [-0.2, -0.15) is 5.10 Å². The van der Waals surface area contributed by atoms with Gasteiger partial charge in [0.15, 0.2) is 5.82 Å². The van der Waals surface area contributed by atoms with Crippen molar-refractivity contribution in [3.8, 4) is 0 Å². The number of aryl methyl sites for hydroxylation is 1. The van der Waals surface area contributed by atoms with Crippen molar-refractivity contribution in [3.63, 3.8) is 0 Å². The molecule has 0 aromatic carbocycles. The van der Waals surface area contributed by atoms with E-state index in [0.29, 0.717) is 29.6 Å². The van der Waals surface area contributed by atoms with Gasteiger partial charge in [0.2, 0.25) is 5.91 Å². The largest absolute Gasteiger partial charge is 0.351 e. The van der Waals surface area contributed by atoms with Crippen LogP contribution >= 0.6 is 11.3 Å². The van der Waals surface area contributed by atoms with Crippen LogP contribution in [-0.2, 0) is 11.3 Å². The van der Waals surface area contributed by atoms with Gasteiger partial charge < -0.3 is 10.2 Å². The summed E-state index contributed by atoms with van der Waals surface area (Å²) in [5.41, 5.74) is 0. The molecule has 0 atom stereocenters. The molecule has 7 nitrogen and oxygen atoms in total. The molecular weight excluding hydrogens is 290 g/mol. The van der Waals surface area contributed by atoms with E-state index in [1.165, 1.54) is 11.3 Å². The van der Waals surface area contributed by atoms with Crippen LogP contribution < -0.4 is 5.32 Å². The Bertz CT molecular complexity index is 608. The summed E-state index contributed by atoms with van der Waals surface area (Å²) in [6.45, 7) is 2.47. The van der Waals surface area contributed by atoms with E-state index in [1.807, 2.05) is 11.4 Å². The Kier molecular flexibility index (Phi) is 5.04. The highest BCUT2D eigenvalue weighted by molar-refractivity contribution is 7.12. The van der Waals surface area contributed by atoms with Crippen LogP contribution in [0.25, 0.3) is 0 Å². The molecule has 0 aliphatic rings. The van der Waals surface area contributed by atoms with Crippen molar-refractivity contribution in [2.45, 2.75) is 19.9 Å². The van der Waals surface area contributed by atoms with E-state index in [9.17, 15) is 9.59 Å². The van der Waals surface area contributed by atoms with Gasteiger partial charge in [0.05, 0.1) is 11.4 Å². The van der Waals surface area contributed by atoms with Gasteiger partial charge in [-0.15, -0.1) is 11.3 Å². The second kappa shape index (κ2) is 6.98. The summed E-state index contributed by atoms with van der Waals surface area (Å²) in [6, 6.07) is 3.57. The first-order valence-electron chi connectivity index (χ1n) is 6.50. The summed E-state index contributed by atoms with van der Waals surface area (Å²) < 4.78 is 0. The monoisotopic (exact) mass is 307 g/mol. The number of aromatic nitrogens is 3. The quantitative estimate of drug-likeness (QED) is 0.831. The summed E-state index contributed by atoms with van der Waals surface area (Å²) in [6.07, 6.45) is 0.247. The van der Waals surface area contributed by atoms with Crippen LogP contribution in [0, 0.1) is 6.92 Å². The molecule has 0 radical (unpaired) electrons. The molecule has 2 aromatic rings. The highest BCUT2D eigenvalue weighted by atomic mass is 32.1. The molecule has 0 aliphatic heterocycles. The lowest BCUT2D eigenvalue weighted by Gasteiger charge is -2.15. The first kappa shape index (κ1) is 15.2.